The molecule has 4 rings (SSSR count). The van der Waals surface area contributed by atoms with Crippen LogP contribution >= 0.6 is 0 Å². The number of fused-ring (bicyclic) bond motifs is 1. The summed E-state index contributed by atoms with van der Waals surface area (Å²) in [7, 11) is 0. The number of nitrogens with zero attached hydrogens (tertiary/aromatic N) is 5. The predicted octanol–water partition coefficient (Wildman–Crippen LogP) is 3.27. The zero-order chi connectivity index (χ0) is 20.6. The van der Waals surface area contributed by atoms with Gasteiger partial charge in [0.2, 0.25) is 0 Å². The van der Waals surface area contributed by atoms with Crippen molar-refractivity contribution in [1.29, 1.82) is 0 Å². The summed E-state index contributed by atoms with van der Waals surface area (Å²) in [5, 5.41) is 21.1. The van der Waals surface area contributed by atoms with E-state index in [1.165, 1.54) is 11.0 Å². The van der Waals surface area contributed by atoms with Gasteiger partial charge in [0.05, 0.1) is 11.3 Å². The summed E-state index contributed by atoms with van der Waals surface area (Å²) >= 11 is 0. The monoisotopic (exact) mass is 404 g/mol. The fourth-order valence-electron chi connectivity index (χ4n) is 3.22. The fourth-order valence-corrected chi connectivity index (χ4v) is 3.22. The first-order valence-corrected chi connectivity index (χ1v) is 8.72. The number of carboxylic acid groups (broad SMARTS) is 1. The van der Waals surface area contributed by atoms with Crippen molar-refractivity contribution < 1.29 is 23.1 Å². The van der Waals surface area contributed by atoms with E-state index in [2.05, 4.69) is 25.5 Å². The van der Waals surface area contributed by atoms with E-state index in [4.69, 9.17) is 5.11 Å². The molecule has 0 aromatic carbocycles. The number of anilines is 1. The molecule has 0 radical (unpaired) electrons. The van der Waals surface area contributed by atoms with E-state index < -0.39 is 17.8 Å². The van der Waals surface area contributed by atoms with Gasteiger partial charge in [0, 0.05) is 36.9 Å². The van der Waals surface area contributed by atoms with Crippen molar-refractivity contribution in [3.63, 3.8) is 0 Å². The number of rotatable bonds is 3. The summed E-state index contributed by atoms with van der Waals surface area (Å²) in [5.41, 5.74) is 0.186. The molecular weight excluding hydrogens is 389 g/mol. The number of halogens is 3. The molecule has 0 spiro atoms. The minimum atomic E-state index is -4.47. The van der Waals surface area contributed by atoms with Crippen molar-refractivity contribution in [1.82, 2.24) is 25.1 Å². The number of pyridine rings is 2. The lowest BCUT2D eigenvalue weighted by Gasteiger charge is -2.15. The summed E-state index contributed by atoms with van der Waals surface area (Å²) in [5.74, 6) is 0.383. The third kappa shape index (κ3) is 3.75. The highest BCUT2D eigenvalue weighted by Crippen LogP contribution is 2.32. The second kappa shape index (κ2) is 7.15. The number of hydrogen-bond donors (Lipinski definition) is 2. The summed E-state index contributed by atoms with van der Waals surface area (Å²) in [4.78, 5) is 20.6. The SMILES string of the molecule is O=C(O)N1CCC(Nc2nnc(-c3ccc(C(F)(F)F)cn3)c3cccnc23)C1. The van der Waals surface area contributed by atoms with Gasteiger partial charge >= 0.3 is 12.3 Å². The van der Waals surface area contributed by atoms with Gasteiger partial charge in [-0.2, -0.15) is 13.2 Å². The van der Waals surface area contributed by atoms with Crippen LogP contribution in [0.5, 0.6) is 0 Å². The molecule has 4 heterocycles. The highest BCUT2D eigenvalue weighted by Gasteiger charge is 2.31. The number of alkyl halides is 3. The van der Waals surface area contributed by atoms with Crippen LogP contribution < -0.4 is 5.32 Å². The first kappa shape index (κ1) is 18.8. The Hall–Kier alpha value is -3.50. The highest BCUT2D eigenvalue weighted by atomic mass is 19.4. The van der Waals surface area contributed by atoms with Crippen LogP contribution in [0.2, 0.25) is 0 Å². The Bertz CT molecular complexity index is 1060. The van der Waals surface area contributed by atoms with E-state index in [9.17, 15) is 18.0 Å². The smallest absolute Gasteiger partial charge is 0.417 e. The minimum absolute atomic E-state index is 0.138. The summed E-state index contributed by atoms with van der Waals surface area (Å²) in [6.07, 6.45) is -2.52. The molecule has 1 fully saturated rings. The Kier molecular flexibility index (Phi) is 4.65. The van der Waals surface area contributed by atoms with E-state index in [1.807, 2.05) is 0 Å². The first-order chi connectivity index (χ1) is 13.8. The van der Waals surface area contributed by atoms with Crippen LogP contribution in [0.4, 0.5) is 23.8 Å². The van der Waals surface area contributed by atoms with Gasteiger partial charge in [-0.3, -0.25) is 9.97 Å². The molecule has 0 bridgehead atoms. The van der Waals surface area contributed by atoms with Gasteiger partial charge in [-0.15, -0.1) is 10.2 Å². The lowest BCUT2D eigenvalue weighted by atomic mass is 10.1. The molecular formula is C18H15F3N6O2. The van der Waals surface area contributed by atoms with Crippen molar-refractivity contribution in [2.75, 3.05) is 18.4 Å². The van der Waals surface area contributed by atoms with Crippen molar-refractivity contribution in [2.45, 2.75) is 18.6 Å². The molecule has 2 N–H and O–H groups in total. The van der Waals surface area contributed by atoms with Gasteiger partial charge in [-0.25, -0.2) is 4.79 Å². The van der Waals surface area contributed by atoms with Crippen LogP contribution in [-0.4, -0.2) is 55.4 Å². The van der Waals surface area contributed by atoms with Crippen LogP contribution in [0.1, 0.15) is 12.0 Å². The molecule has 1 unspecified atom stereocenters. The predicted molar refractivity (Wildman–Crippen MR) is 97.2 cm³/mol. The Morgan fingerprint density at radius 1 is 1.21 bits per heavy atom. The molecule has 1 amide bonds. The van der Waals surface area contributed by atoms with Gasteiger partial charge in [-0.1, -0.05) is 0 Å². The van der Waals surface area contributed by atoms with Crippen LogP contribution in [-0.2, 0) is 6.18 Å². The third-order valence-electron chi connectivity index (χ3n) is 4.67. The van der Waals surface area contributed by atoms with Gasteiger partial charge < -0.3 is 15.3 Å². The molecule has 1 aliphatic rings. The molecule has 3 aromatic rings. The average molecular weight is 404 g/mol. The fraction of sp³-hybridized carbons (Fsp3) is 0.278. The normalized spacial score (nSPS) is 16.9. The Morgan fingerprint density at radius 3 is 2.69 bits per heavy atom. The molecule has 8 nitrogen and oxygen atoms in total. The largest absolute Gasteiger partial charge is 0.465 e. The van der Waals surface area contributed by atoms with Crippen molar-refractivity contribution in [2.24, 2.45) is 0 Å². The van der Waals surface area contributed by atoms with Gasteiger partial charge in [0.1, 0.15) is 11.2 Å². The van der Waals surface area contributed by atoms with E-state index in [0.29, 0.717) is 41.9 Å². The second-order valence-corrected chi connectivity index (χ2v) is 6.59. The topological polar surface area (TPSA) is 104 Å². The molecule has 1 atom stereocenters. The van der Waals surface area contributed by atoms with Crippen molar-refractivity contribution in [3.05, 3.63) is 42.2 Å². The number of hydrogen-bond acceptors (Lipinski definition) is 6. The van der Waals surface area contributed by atoms with Crippen LogP contribution in [0.25, 0.3) is 22.3 Å². The summed E-state index contributed by atoms with van der Waals surface area (Å²) < 4.78 is 38.3. The van der Waals surface area contributed by atoms with E-state index >= 15 is 0 Å². The number of carbonyl (C=O) groups is 1. The Labute approximate surface area is 162 Å². The molecule has 150 valence electrons. The Morgan fingerprint density at radius 2 is 2.03 bits per heavy atom. The first-order valence-electron chi connectivity index (χ1n) is 8.72. The maximum atomic E-state index is 12.8. The number of aromatic nitrogens is 4. The van der Waals surface area contributed by atoms with Crippen molar-refractivity contribution >= 4 is 22.8 Å². The van der Waals surface area contributed by atoms with Crippen LogP contribution in [0.3, 0.4) is 0 Å². The lowest BCUT2D eigenvalue weighted by Crippen LogP contribution is -2.30. The third-order valence-corrected chi connectivity index (χ3v) is 4.67. The minimum Gasteiger partial charge on any atom is -0.465 e. The zero-order valence-electron chi connectivity index (χ0n) is 14.9. The Balaban J connectivity index is 1.66. The van der Waals surface area contributed by atoms with Gasteiger partial charge in [0.25, 0.3) is 0 Å². The highest BCUT2D eigenvalue weighted by molar-refractivity contribution is 5.96. The molecule has 1 saturated heterocycles. The molecule has 0 saturated carbocycles. The van der Waals surface area contributed by atoms with Crippen LogP contribution in [0, 0.1) is 0 Å². The zero-order valence-corrected chi connectivity index (χ0v) is 14.9. The van der Waals surface area contributed by atoms with E-state index in [0.717, 1.165) is 12.3 Å². The molecule has 0 aliphatic carbocycles. The number of likely N-dealkylation sites (tertiary alicyclic amines) is 1. The average Bonchev–Trinajstić information content (AvgIpc) is 3.17. The van der Waals surface area contributed by atoms with Gasteiger partial charge in [0.15, 0.2) is 5.82 Å². The standard InChI is InChI=1S/C18H15F3N6O2/c19-18(20,21)10-3-4-13(23-8-10)14-12-2-1-6-22-15(12)16(26-25-14)24-11-5-7-27(9-11)17(28)29/h1-4,6,8,11H,5,7,9H2,(H,24,26)(H,28,29). The van der Waals surface area contributed by atoms with E-state index in [1.54, 1.807) is 18.3 Å². The lowest BCUT2D eigenvalue weighted by molar-refractivity contribution is -0.137. The molecule has 3 aromatic heterocycles. The number of amides is 1. The quantitative estimate of drug-likeness (QED) is 0.690. The maximum absolute atomic E-state index is 12.8. The summed E-state index contributed by atoms with van der Waals surface area (Å²) in [6.45, 7) is 0.729. The van der Waals surface area contributed by atoms with E-state index in [-0.39, 0.29) is 11.7 Å². The second-order valence-electron chi connectivity index (χ2n) is 6.59. The summed E-state index contributed by atoms with van der Waals surface area (Å²) in [6, 6.07) is 5.46. The van der Waals surface area contributed by atoms with Crippen molar-refractivity contribution in [3.8, 4) is 11.4 Å². The molecule has 1 aliphatic heterocycles. The molecule has 11 heteroatoms. The van der Waals surface area contributed by atoms with Gasteiger partial charge in [-0.05, 0) is 30.7 Å². The molecule has 29 heavy (non-hydrogen) atoms. The number of nitrogens with one attached hydrogen (secondary N) is 1. The van der Waals surface area contributed by atoms with Crippen LogP contribution in [0.15, 0.2) is 36.7 Å². The maximum Gasteiger partial charge on any atom is 0.417 e.